The number of pyridine rings is 1. The molecule has 0 saturated carbocycles. The Morgan fingerprint density at radius 3 is 2.86 bits per heavy atom. The Kier molecular flexibility index (Phi) is 8.81. The van der Waals surface area contributed by atoms with Crippen molar-refractivity contribution in [1.29, 1.82) is 0 Å². The van der Waals surface area contributed by atoms with Crippen molar-refractivity contribution < 1.29 is 24.2 Å². The fraction of sp³-hybridized carbons (Fsp3) is 0.579. The van der Waals surface area contributed by atoms with Crippen molar-refractivity contribution in [2.45, 2.75) is 38.5 Å². The third kappa shape index (κ3) is 6.99. The summed E-state index contributed by atoms with van der Waals surface area (Å²) in [4.78, 5) is 32.3. The first-order chi connectivity index (χ1) is 13.9. The Balaban J connectivity index is 2.03. The van der Waals surface area contributed by atoms with E-state index in [0.717, 1.165) is 36.9 Å². The normalized spacial score (nSPS) is 15.7. The maximum atomic E-state index is 12.2. The summed E-state index contributed by atoms with van der Waals surface area (Å²) in [7, 11) is 0. The number of guanidine groups is 1. The Morgan fingerprint density at radius 1 is 1.34 bits per heavy atom. The fourth-order valence-electron chi connectivity index (χ4n) is 3.24. The molecule has 1 atom stereocenters. The Morgan fingerprint density at radius 2 is 2.14 bits per heavy atom. The average molecular weight is 407 g/mol. The van der Waals surface area contributed by atoms with Gasteiger partial charge in [0.05, 0.1) is 36.8 Å². The molecule has 1 aromatic rings. The molecule has 0 fully saturated rings. The minimum absolute atomic E-state index is 0.0465. The van der Waals surface area contributed by atoms with Crippen molar-refractivity contribution >= 4 is 18.0 Å². The maximum absolute atomic E-state index is 12.2. The number of alkyl carbamates (subject to hydrolysis) is 1. The summed E-state index contributed by atoms with van der Waals surface area (Å²) in [6, 6.07) is 1.79. The van der Waals surface area contributed by atoms with Gasteiger partial charge in [-0.1, -0.05) is 6.42 Å². The number of carbonyl (C=O) groups is 2. The summed E-state index contributed by atoms with van der Waals surface area (Å²) < 4.78 is 10.4. The van der Waals surface area contributed by atoms with Gasteiger partial charge in [-0.3, -0.25) is 9.78 Å². The molecule has 2 amide bonds. The van der Waals surface area contributed by atoms with Crippen LogP contribution in [0.2, 0.25) is 0 Å². The number of rotatable bonds is 8. The van der Waals surface area contributed by atoms with Gasteiger partial charge in [-0.05, 0) is 37.8 Å². The molecule has 0 radical (unpaired) electrons. The van der Waals surface area contributed by atoms with Crippen LogP contribution in [-0.2, 0) is 15.9 Å². The first-order valence-electron chi connectivity index (χ1n) is 9.66. The van der Waals surface area contributed by atoms with E-state index >= 15 is 0 Å². The molecule has 0 spiro atoms. The van der Waals surface area contributed by atoms with E-state index in [0.29, 0.717) is 24.4 Å². The van der Waals surface area contributed by atoms with Crippen molar-refractivity contribution in [2.24, 2.45) is 16.5 Å². The number of amides is 2. The number of aromatic nitrogens is 1. The van der Waals surface area contributed by atoms with Gasteiger partial charge in [-0.2, -0.15) is 4.99 Å². The van der Waals surface area contributed by atoms with Crippen LogP contribution in [0.3, 0.4) is 0 Å². The molecule has 10 heteroatoms. The molecule has 0 aliphatic heterocycles. The zero-order chi connectivity index (χ0) is 21.2. The van der Waals surface area contributed by atoms with Gasteiger partial charge in [0.2, 0.25) is 0 Å². The number of fused-ring (bicyclic) bond motifs is 1. The van der Waals surface area contributed by atoms with Crippen molar-refractivity contribution in [2.75, 3.05) is 33.0 Å². The quantitative estimate of drug-likeness (QED) is 0.208. The third-order valence-electron chi connectivity index (χ3n) is 4.59. The molecule has 1 aliphatic carbocycles. The minimum atomic E-state index is -0.528. The molecule has 1 aliphatic rings. The summed E-state index contributed by atoms with van der Waals surface area (Å²) >= 11 is 0. The van der Waals surface area contributed by atoms with Crippen molar-refractivity contribution in [1.82, 2.24) is 10.3 Å². The van der Waals surface area contributed by atoms with E-state index in [4.69, 9.17) is 26.0 Å². The van der Waals surface area contributed by atoms with Crippen LogP contribution < -0.4 is 16.8 Å². The molecule has 0 aromatic carbocycles. The van der Waals surface area contributed by atoms with Crippen LogP contribution in [0.4, 0.5) is 4.79 Å². The molecular formula is C19H29N5O5. The standard InChI is InChI=1S/C19H29N5O5/c1-12-15(17(26)24-18(20)21)10-13-4-2-3-5-14(16(13)23-12)11-29-19(27)22-6-8-28-9-7-25/h10,14,25H,2-9,11H2,1H3,(H,22,27)(H4,20,21,24,26). The van der Waals surface area contributed by atoms with Gasteiger partial charge in [0.25, 0.3) is 5.91 Å². The number of aryl methyl sites for hydroxylation is 2. The van der Waals surface area contributed by atoms with Gasteiger partial charge in [0.1, 0.15) is 6.61 Å². The van der Waals surface area contributed by atoms with E-state index in [2.05, 4.69) is 15.3 Å². The number of nitrogens with one attached hydrogen (secondary N) is 1. The SMILES string of the molecule is Cc1nc2c(cc1C(=O)N=C(N)N)CCCCC2COC(=O)NCCOCCO. The summed E-state index contributed by atoms with van der Waals surface area (Å²) in [5, 5.41) is 11.2. The molecule has 29 heavy (non-hydrogen) atoms. The van der Waals surface area contributed by atoms with Crippen molar-refractivity contribution in [3.8, 4) is 0 Å². The molecule has 0 saturated heterocycles. The van der Waals surface area contributed by atoms with Crippen LogP contribution in [-0.4, -0.2) is 61.0 Å². The van der Waals surface area contributed by atoms with E-state index < -0.39 is 12.0 Å². The smallest absolute Gasteiger partial charge is 0.407 e. The number of ether oxygens (including phenoxy) is 2. The summed E-state index contributed by atoms with van der Waals surface area (Å²) in [6.45, 7) is 2.70. The molecular weight excluding hydrogens is 378 g/mol. The van der Waals surface area contributed by atoms with Crippen molar-refractivity contribution in [3.63, 3.8) is 0 Å². The Bertz CT molecular complexity index is 749. The van der Waals surface area contributed by atoms with Crippen molar-refractivity contribution in [3.05, 3.63) is 28.6 Å². The molecule has 2 rings (SSSR count). The lowest BCUT2D eigenvalue weighted by atomic mass is 9.96. The van der Waals surface area contributed by atoms with E-state index in [-0.39, 0.29) is 31.7 Å². The summed E-state index contributed by atoms with van der Waals surface area (Å²) in [5.41, 5.74) is 13.3. The number of hydrogen-bond donors (Lipinski definition) is 4. The lowest BCUT2D eigenvalue weighted by Gasteiger charge is -2.18. The van der Waals surface area contributed by atoms with Gasteiger partial charge in [0, 0.05) is 12.5 Å². The van der Waals surface area contributed by atoms with Gasteiger partial charge in [-0.25, -0.2) is 4.79 Å². The predicted molar refractivity (Wildman–Crippen MR) is 107 cm³/mol. The second-order valence-electron chi connectivity index (χ2n) is 6.81. The van der Waals surface area contributed by atoms with E-state index in [1.807, 2.05) is 0 Å². The number of hydrogen-bond acceptors (Lipinski definition) is 6. The van der Waals surface area contributed by atoms with Gasteiger partial charge < -0.3 is 31.4 Å². The van der Waals surface area contributed by atoms with Gasteiger partial charge in [-0.15, -0.1) is 0 Å². The topological polar surface area (TPSA) is 162 Å². The highest BCUT2D eigenvalue weighted by atomic mass is 16.5. The molecule has 10 nitrogen and oxygen atoms in total. The number of aliphatic imine (C=N–C) groups is 1. The van der Waals surface area contributed by atoms with Crippen LogP contribution >= 0.6 is 0 Å². The van der Waals surface area contributed by atoms with Gasteiger partial charge in [0.15, 0.2) is 5.96 Å². The second kappa shape index (κ2) is 11.3. The number of carbonyl (C=O) groups excluding carboxylic acids is 2. The number of aliphatic hydroxyl groups is 1. The Labute approximate surface area is 169 Å². The van der Waals surface area contributed by atoms with Crippen LogP contribution in [0.5, 0.6) is 0 Å². The monoisotopic (exact) mass is 407 g/mol. The first-order valence-corrected chi connectivity index (χ1v) is 9.66. The highest BCUT2D eigenvalue weighted by Gasteiger charge is 2.24. The fourth-order valence-corrected chi connectivity index (χ4v) is 3.24. The van der Waals surface area contributed by atoms with E-state index in [1.54, 1.807) is 13.0 Å². The van der Waals surface area contributed by atoms with Crippen LogP contribution in [0.15, 0.2) is 11.1 Å². The van der Waals surface area contributed by atoms with Crippen LogP contribution in [0.1, 0.15) is 52.5 Å². The average Bonchev–Trinajstić information content (AvgIpc) is 2.86. The van der Waals surface area contributed by atoms with E-state index in [9.17, 15) is 9.59 Å². The molecule has 160 valence electrons. The molecule has 0 bridgehead atoms. The van der Waals surface area contributed by atoms with E-state index in [1.165, 1.54) is 0 Å². The number of nitrogens with two attached hydrogens (primary N) is 2. The number of nitrogens with zero attached hydrogens (tertiary/aromatic N) is 2. The lowest BCUT2D eigenvalue weighted by Crippen LogP contribution is -2.29. The highest BCUT2D eigenvalue weighted by Crippen LogP contribution is 2.31. The minimum Gasteiger partial charge on any atom is -0.449 e. The predicted octanol–water partition coefficient (Wildman–Crippen LogP) is 0.349. The molecule has 1 aromatic heterocycles. The highest BCUT2D eigenvalue weighted by molar-refractivity contribution is 6.02. The first kappa shape index (κ1) is 22.6. The summed E-state index contributed by atoms with van der Waals surface area (Å²) in [5.74, 6) is -0.851. The third-order valence-corrected chi connectivity index (χ3v) is 4.59. The maximum Gasteiger partial charge on any atom is 0.407 e. The number of aliphatic hydroxyl groups excluding tert-OH is 1. The Hall–Kier alpha value is -2.72. The van der Waals surface area contributed by atoms with Gasteiger partial charge >= 0.3 is 6.09 Å². The summed E-state index contributed by atoms with van der Waals surface area (Å²) in [6.07, 6.45) is 3.03. The lowest BCUT2D eigenvalue weighted by molar-refractivity contribution is 0.0899. The molecule has 1 unspecified atom stereocenters. The largest absolute Gasteiger partial charge is 0.449 e. The van der Waals surface area contributed by atoms with Crippen LogP contribution in [0, 0.1) is 6.92 Å². The second-order valence-corrected chi connectivity index (χ2v) is 6.81. The zero-order valence-corrected chi connectivity index (χ0v) is 16.6. The molecule has 6 N–H and O–H groups in total. The molecule has 1 heterocycles. The zero-order valence-electron chi connectivity index (χ0n) is 16.6. The van der Waals surface area contributed by atoms with Crippen LogP contribution in [0.25, 0.3) is 0 Å².